The number of rotatable bonds is 7. The highest BCUT2D eigenvalue weighted by atomic mass is 28.4. The number of alkyl halides is 1. The molecule has 1 aliphatic rings. The predicted octanol–water partition coefficient (Wildman–Crippen LogP) is 4.15. The molecule has 1 fully saturated rings. The number of aromatic amines is 1. The average molecular weight is 536 g/mol. The zero-order valence-electron chi connectivity index (χ0n) is 22.2. The van der Waals surface area contributed by atoms with Gasteiger partial charge in [-0.1, -0.05) is 46.7 Å². The second kappa shape index (κ2) is 9.65. The van der Waals surface area contributed by atoms with Crippen LogP contribution in [0, 0.1) is 5.82 Å². The molecule has 2 rings (SSSR count). The van der Waals surface area contributed by atoms with Gasteiger partial charge in [0.25, 0.3) is 5.56 Å². The van der Waals surface area contributed by atoms with Gasteiger partial charge in [0.05, 0.1) is 19.0 Å². The minimum Gasteiger partial charge on any atom is -0.413 e. The van der Waals surface area contributed by atoms with E-state index in [-0.39, 0.29) is 16.7 Å². The second-order valence-corrected chi connectivity index (χ2v) is 21.7. The van der Waals surface area contributed by atoms with Crippen LogP contribution in [0.4, 0.5) is 8.78 Å². The lowest BCUT2D eigenvalue weighted by atomic mass is 9.98. The number of hydrogen-bond donors (Lipinski definition) is 2. The van der Waals surface area contributed by atoms with Crippen molar-refractivity contribution in [2.45, 2.75) is 102 Å². The minimum absolute atomic E-state index is 0.188. The summed E-state index contributed by atoms with van der Waals surface area (Å²) >= 11 is 0. The van der Waals surface area contributed by atoms with Gasteiger partial charge in [-0.25, -0.2) is 9.18 Å². The number of hydrogen-bond acceptors (Lipinski definition) is 7. The van der Waals surface area contributed by atoms with E-state index in [0.29, 0.717) is 10.8 Å². The molecule has 13 heteroatoms. The van der Waals surface area contributed by atoms with E-state index in [2.05, 4.69) is 5.16 Å². The number of ether oxygens (including phenoxy) is 1. The van der Waals surface area contributed by atoms with E-state index in [4.69, 9.17) is 13.6 Å². The first-order valence-electron chi connectivity index (χ1n) is 11.5. The zero-order valence-corrected chi connectivity index (χ0v) is 24.2. The van der Waals surface area contributed by atoms with Crippen molar-refractivity contribution in [1.29, 1.82) is 0 Å². The molecule has 35 heavy (non-hydrogen) atoms. The molecule has 1 aromatic heterocycles. The minimum atomic E-state index is -2.63. The summed E-state index contributed by atoms with van der Waals surface area (Å²) in [6, 6.07) is 0. The molecule has 0 spiro atoms. The smallest absolute Gasteiger partial charge is 0.330 e. The maximum absolute atomic E-state index is 16.2. The molecule has 1 unspecified atom stereocenters. The van der Waals surface area contributed by atoms with E-state index >= 15 is 4.39 Å². The summed E-state index contributed by atoms with van der Waals surface area (Å²) in [5, 5.41) is 12.2. The summed E-state index contributed by atoms with van der Waals surface area (Å²) < 4.78 is 49.6. The highest BCUT2D eigenvalue weighted by molar-refractivity contribution is 6.74. The summed E-state index contributed by atoms with van der Waals surface area (Å²) in [5.74, 6) is -1.27. The third kappa shape index (κ3) is 5.84. The van der Waals surface area contributed by atoms with Crippen molar-refractivity contribution in [2.75, 3.05) is 6.61 Å². The van der Waals surface area contributed by atoms with Crippen LogP contribution in [0.3, 0.4) is 0 Å². The fraction of sp³-hybridized carbons (Fsp3) is 0.773. The first-order chi connectivity index (χ1) is 15.7. The Balaban J connectivity index is 2.65. The Kier molecular flexibility index (Phi) is 8.15. The molecular weight excluding hydrogens is 496 g/mol. The van der Waals surface area contributed by atoms with Crippen molar-refractivity contribution < 1.29 is 27.6 Å². The molecule has 2 heterocycles. The van der Waals surface area contributed by atoms with Gasteiger partial charge in [-0.3, -0.25) is 14.3 Å². The summed E-state index contributed by atoms with van der Waals surface area (Å²) in [6.45, 7) is 19.7. The Morgan fingerprint density at radius 3 is 2.20 bits per heavy atom. The van der Waals surface area contributed by atoms with Gasteiger partial charge in [0.1, 0.15) is 6.10 Å². The lowest BCUT2D eigenvalue weighted by molar-refractivity contribution is -0.0796. The van der Waals surface area contributed by atoms with Crippen LogP contribution < -0.4 is 11.2 Å². The fourth-order valence-electron chi connectivity index (χ4n) is 3.16. The molecular formula is C22H39F2N3O6Si2. The topological polar surface area (TPSA) is 115 Å². The Morgan fingerprint density at radius 1 is 1.17 bits per heavy atom. The Morgan fingerprint density at radius 2 is 1.71 bits per heavy atom. The molecule has 200 valence electrons. The van der Waals surface area contributed by atoms with Crippen LogP contribution in [0.1, 0.15) is 47.8 Å². The van der Waals surface area contributed by atoms with E-state index in [9.17, 15) is 19.2 Å². The maximum Gasteiger partial charge on any atom is 0.330 e. The highest BCUT2D eigenvalue weighted by Crippen LogP contribution is 2.46. The third-order valence-electron chi connectivity index (χ3n) is 7.55. The van der Waals surface area contributed by atoms with Crippen LogP contribution in [0.25, 0.3) is 0 Å². The lowest BCUT2D eigenvalue weighted by Gasteiger charge is -2.43. The standard InChI is InChI=1S/C22H39F2N3O6Si2/c1-20(2,3)34(7,8)31-13-22(12-25-30)16(33-35(9,10)21(4,5)6)15(24)18(32-22)27-11-14(23)17(28)26-19(27)29/h11-12,15-16,18,30H,13H2,1-10H3,(H,26,28,29)/t15-,16?,18+,22+/m0/s1. The van der Waals surface area contributed by atoms with E-state index in [1.807, 2.05) is 72.7 Å². The van der Waals surface area contributed by atoms with Crippen LogP contribution in [0.5, 0.6) is 0 Å². The molecule has 0 amide bonds. The first kappa shape index (κ1) is 29.6. The van der Waals surface area contributed by atoms with Crippen LogP contribution in [-0.2, 0) is 13.6 Å². The molecule has 0 bridgehead atoms. The van der Waals surface area contributed by atoms with E-state index in [1.165, 1.54) is 0 Å². The van der Waals surface area contributed by atoms with Crippen LogP contribution in [0.2, 0.25) is 36.3 Å². The van der Waals surface area contributed by atoms with E-state index in [1.54, 1.807) is 0 Å². The van der Waals surface area contributed by atoms with Crippen molar-refractivity contribution in [3.63, 3.8) is 0 Å². The van der Waals surface area contributed by atoms with Crippen LogP contribution in [0.15, 0.2) is 20.9 Å². The number of nitrogens with one attached hydrogen (secondary N) is 1. The van der Waals surface area contributed by atoms with Gasteiger partial charge in [0.2, 0.25) is 5.82 Å². The molecule has 9 nitrogen and oxygen atoms in total. The second-order valence-electron chi connectivity index (χ2n) is 12.1. The number of H-pyrrole nitrogens is 1. The third-order valence-corrected chi connectivity index (χ3v) is 16.5. The summed E-state index contributed by atoms with van der Waals surface area (Å²) in [5.41, 5.74) is -3.99. The molecule has 4 atom stereocenters. The molecule has 1 aliphatic heterocycles. The Hall–Kier alpha value is -1.68. The maximum atomic E-state index is 16.2. The fourth-order valence-corrected chi connectivity index (χ4v) is 5.50. The van der Waals surface area contributed by atoms with E-state index < -0.39 is 57.8 Å². The lowest BCUT2D eigenvalue weighted by Crippen LogP contribution is -2.57. The number of oxime groups is 1. The van der Waals surface area contributed by atoms with Gasteiger partial charge < -0.3 is 18.8 Å². The van der Waals surface area contributed by atoms with Crippen LogP contribution >= 0.6 is 0 Å². The summed E-state index contributed by atoms with van der Waals surface area (Å²) in [4.78, 5) is 25.8. The number of nitrogens with zero attached hydrogens (tertiary/aromatic N) is 2. The molecule has 0 saturated carbocycles. The SMILES string of the molecule is CC(C)(C)[Si](C)(C)OC[C@@]1(C=NO)O[C@@H](n2cc(F)c(=O)[nH]c2=O)[C@@H](F)C1O[Si](C)(C)C(C)(C)C. The first-order valence-corrected chi connectivity index (χ1v) is 17.3. The molecule has 2 N–H and O–H groups in total. The molecule has 0 radical (unpaired) electrons. The number of halogens is 2. The van der Waals surface area contributed by atoms with Gasteiger partial charge in [0, 0.05) is 0 Å². The monoisotopic (exact) mass is 535 g/mol. The molecule has 0 aromatic carbocycles. The predicted molar refractivity (Wildman–Crippen MR) is 135 cm³/mol. The van der Waals surface area contributed by atoms with Crippen molar-refractivity contribution in [3.8, 4) is 0 Å². The van der Waals surface area contributed by atoms with Gasteiger partial charge in [-0.15, -0.1) is 0 Å². The quantitative estimate of drug-likeness (QED) is 0.235. The van der Waals surface area contributed by atoms with Crippen molar-refractivity contribution in [2.24, 2.45) is 5.16 Å². The normalized spacial score (nSPS) is 26.6. The summed E-state index contributed by atoms with van der Waals surface area (Å²) in [6.07, 6.45) is -3.37. The molecule has 1 aromatic rings. The Bertz CT molecular complexity index is 1060. The number of aromatic nitrogens is 2. The van der Waals surface area contributed by atoms with Crippen molar-refractivity contribution in [3.05, 3.63) is 32.9 Å². The van der Waals surface area contributed by atoms with Crippen molar-refractivity contribution in [1.82, 2.24) is 9.55 Å². The van der Waals surface area contributed by atoms with Gasteiger partial charge in [0.15, 0.2) is 34.6 Å². The van der Waals surface area contributed by atoms with Gasteiger partial charge in [-0.05, 0) is 36.3 Å². The van der Waals surface area contributed by atoms with E-state index in [0.717, 1.165) is 6.21 Å². The molecule has 1 saturated heterocycles. The average Bonchev–Trinajstić information content (AvgIpc) is 2.94. The highest BCUT2D eigenvalue weighted by Gasteiger charge is 2.60. The van der Waals surface area contributed by atoms with Crippen LogP contribution in [-0.4, -0.2) is 62.1 Å². The van der Waals surface area contributed by atoms with Crippen molar-refractivity contribution >= 4 is 22.8 Å². The Labute approximate surface area is 206 Å². The largest absolute Gasteiger partial charge is 0.413 e. The van der Waals surface area contributed by atoms with Gasteiger partial charge in [-0.2, -0.15) is 4.39 Å². The zero-order chi connectivity index (χ0) is 27.2. The van der Waals surface area contributed by atoms with Gasteiger partial charge >= 0.3 is 5.69 Å². The summed E-state index contributed by atoms with van der Waals surface area (Å²) in [7, 11) is -5.02. The molecule has 0 aliphatic carbocycles.